The van der Waals surface area contributed by atoms with Gasteiger partial charge in [-0.05, 0) is 49.3 Å². The molecule has 2 N–H and O–H groups in total. The molecule has 0 atom stereocenters. The quantitative estimate of drug-likeness (QED) is 0.573. The van der Waals surface area contributed by atoms with Crippen LogP contribution in [-0.4, -0.2) is 19.7 Å². The van der Waals surface area contributed by atoms with E-state index in [1.165, 1.54) is 0 Å². The van der Waals surface area contributed by atoms with Gasteiger partial charge in [0.1, 0.15) is 0 Å². The molecule has 2 heterocycles. The number of fused-ring (bicyclic) bond motifs is 2. The summed E-state index contributed by atoms with van der Waals surface area (Å²) in [7, 11) is 0. The Morgan fingerprint density at radius 3 is 2.61 bits per heavy atom. The van der Waals surface area contributed by atoms with E-state index in [-0.39, 0.29) is 22.7 Å². The highest BCUT2D eigenvalue weighted by Gasteiger charge is 2.42. The first kappa shape index (κ1) is 17.0. The summed E-state index contributed by atoms with van der Waals surface area (Å²) in [5, 5.41) is 8.53. The van der Waals surface area contributed by atoms with Crippen molar-refractivity contribution in [2.75, 3.05) is 0 Å². The van der Waals surface area contributed by atoms with E-state index >= 15 is 0 Å². The molecule has 0 unspecified atom stereocenters. The molecule has 0 bridgehead atoms. The Balaban J connectivity index is 1.35. The van der Waals surface area contributed by atoms with Gasteiger partial charge in [0.15, 0.2) is 0 Å². The first-order valence-electron chi connectivity index (χ1n) is 9.70. The lowest BCUT2D eigenvalue weighted by atomic mass is 9.64. The molecule has 6 nitrogen and oxygen atoms in total. The highest BCUT2D eigenvalue weighted by atomic mass is 16.1. The number of rotatable bonds is 4. The highest BCUT2D eigenvalue weighted by Crippen LogP contribution is 2.51. The Morgan fingerprint density at radius 1 is 1.07 bits per heavy atom. The van der Waals surface area contributed by atoms with E-state index < -0.39 is 0 Å². The lowest BCUT2D eigenvalue weighted by molar-refractivity contribution is 0.0733. The van der Waals surface area contributed by atoms with Crippen molar-refractivity contribution in [3.05, 3.63) is 75.1 Å². The predicted octanol–water partition coefficient (Wildman–Crippen LogP) is 3.54. The number of aromatic amines is 2. The highest BCUT2D eigenvalue weighted by molar-refractivity contribution is 5.83. The minimum Gasteiger partial charge on any atom is -0.306 e. The number of aromatic nitrogens is 4. The van der Waals surface area contributed by atoms with Crippen molar-refractivity contribution < 1.29 is 0 Å². The number of nitrogens with one attached hydrogen (secondary N) is 2. The van der Waals surface area contributed by atoms with E-state index in [1.807, 2.05) is 53.1 Å². The first-order chi connectivity index (χ1) is 13.5. The number of H-pyrrole nitrogens is 2. The summed E-state index contributed by atoms with van der Waals surface area (Å²) >= 11 is 0. The third kappa shape index (κ3) is 2.68. The Hall–Kier alpha value is -3.15. The number of benzene rings is 2. The molecule has 0 saturated heterocycles. The van der Waals surface area contributed by atoms with Crippen LogP contribution in [0, 0.1) is 5.41 Å². The minimum absolute atomic E-state index is 0.0263. The van der Waals surface area contributed by atoms with Gasteiger partial charge in [-0.25, -0.2) is 9.89 Å². The standard InChI is InChI=1S/C22H22N4O2/c1-22(11-10-17-15-6-2-3-7-16(15)20(27)25-24-17)12-14(13-22)26-19-9-5-4-8-18(19)23-21(26)28/h2-9,14H,10-13H2,1H3,(H,23,28)(H,25,27)/t14-,22-. The Bertz CT molecular complexity index is 1290. The van der Waals surface area contributed by atoms with Crippen LogP contribution in [0.5, 0.6) is 0 Å². The normalized spacial score (nSPS) is 21.8. The van der Waals surface area contributed by atoms with Crippen molar-refractivity contribution in [2.45, 2.75) is 38.6 Å². The first-order valence-corrected chi connectivity index (χ1v) is 9.70. The van der Waals surface area contributed by atoms with Crippen LogP contribution in [0.3, 0.4) is 0 Å². The van der Waals surface area contributed by atoms with E-state index in [0.29, 0.717) is 5.39 Å². The molecular formula is C22H22N4O2. The largest absolute Gasteiger partial charge is 0.326 e. The van der Waals surface area contributed by atoms with Crippen LogP contribution >= 0.6 is 0 Å². The number of hydrogen-bond donors (Lipinski definition) is 2. The molecule has 28 heavy (non-hydrogen) atoms. The minimum atomic E-state index is -0.145. The topological polar surface area (TPSA) is 83.5 Å². The molecule has 0 radical (unpaired) electrons. The maximum Gasteiger partial charge on any atom is 0.326 e. The molecule has 2 aromatic carbocycles. The molecule has 0 aliphatic heterocycles. The second-order valence-electron chi connectivity index (χ2n) is 8.24. The van der Waals surface area contributed by atoms with E-state index in [4.69, 9.17) is 0 Å². The zero-order chi connectivity index (χ0) is 19.3. The molecule has 1 fully saturated rings. The van der Waals surface area contributed by atoms with Crippen molar-refractivity contribution in [1.29, 1.82) is 0 Å². The van der Waals surface area contributed by atoms with Crippen LogP contribution in [-0.2, 0) is 6.42 Å². The molecule has 5 rings (SSSR count). The number of nitrogens with zero attached hydrogens (tertiary/aromatic N) is 2. The van der Waals surface area contributed by atoms with E-state index in [2.05, 4.69) is 22.1 Å². The van der Waals surface area contributed by atoms with Crippen LogP contribution in [0.4, 0.5) is 0 Å². The molecule has 2 aromatic heterocycles. The van der Waals surface area contributed by atoms with Gasteiger partial charge in [-0.2, -0.15) is 5.10 Å². The maximum atomic E-state index is 12.4. The Labute approximate surface area is 161 Å². The zero-order valence-electron chi connectivity index (χ0n) is 15.7. The van der Waals surface area contributed by atoms with Gasteiger partial charge in [-0.15, -0.1) is 0 Å². The van der Waals surface area contributed by atoms with Gasteiger partial charge in [-0.3, -0.25) is 9.36 Å². The average Bonchev–Trinajstić information content (AvgIpc) is 3.01. The summed E-state index contributed by atoms with van der Waals surface area (Å²) in [6, 6.07) is 15.7. The van der Waals surface area contributed by atoms with Gasteiger partial charge >= 0.3 is 5.69 Å². The van der Waals surface area contributed by atoms with Gasteiger partial charge in [0.25, 0.3) is 5.56 Å². The molecule has 142 valence electrons. The van der Waals surface area contributed by atoms with Crippen molar-refractivity contribution >= 4 is 21.8 Å². The molecule has 0 amide bonds. The van der Waals surface area contributed by atoms with Crippen LogP contribution in [0.2, 0.25) is 0 Å². The smallest absolute Gasteiger partial charge is 0.306 e. The van der Waals surface area contributed by atoms with Crippen LogP contribution < -0.4 is 11.2 Å². The van der Waals surface area contributed by atoms with Gasteiger partial charge in [0.05, 0.1) is 22.1 Å². The summed E-state index contributed by atoms with van der Waals surface area (Å²) in [4.78, 5) is 27.3. The third-order valence-corrected chi connectivity index (χ3v) is 6.19. The lowest BCUT2D eigenvalue weighted by Gasteiger charge is -2.46. The molecular weight excluding hydrogens is 352 g/mol. The molecule has 1 aliphatic rings. The molecule has 6 heteroatoms. The fourth-order valence-electron chi connectivity index (χ4n) is 4.68. The number of hydrogen-bond acceptors (Lipinski definition) is 3. The van der Waals surface area contributed by atoms with Crippen molar-refractivity contribution in [3.8, 4) is 0 Å². The SMILES string of the molecule is C[C@]1(CCc2n[nH]c(=O)c3ccccc23)C[C@H](n2c(=O)[nH]c3ccccc32)C1. The van der Waals surface area contributed by atoms with Crippen LogP contribution in [0.15, 0.2) is 58.1 Å². The summed E-state index contributed by atoms with van der Waals surface area (Å²) < 4.78 is 1.91. The monoisotopic (exact) mass is 374 g/mol. The Kier molecular flexibility index (Phi) is 3.75. The van der Waals surface area contributed by atoms with E-state index in [1.54, 1.807) is 0 Å². The summed E-state index contributed by atoms with van der Waals surface area (Å²) in [6.45, 7) is 2.28. The average molecular weight is 374 g/mol. The summed E-state index contributed by atoms with van der Waals surface area (Å²) in [5.41, 5.74) is 2.80. The molecule has 1 saturated carbocycles. The fraction of sp³-hybridized carbons (Fsp3) is 0.318. The zero-order valence-corrected chi connectivity index (χ0v) is 15.7. The van der Waals surface area contributed by atoms with Crippen LogP contribution in [0.25, 0.3) is 21.8 Å². The maximum absolute atomic E-state index is 12.4. The number of aryl methyl sites for hydroxylation is 1. The Morgan fingerprint density at radius 2 is 1.79 bits per heavy atom. The van der Waals surface area contributed by atoms with Crippen molar-refractivity contribution in [1.82, 2.24) is 19.7 Å². The fourth-order valence-corrected chi connectivity index (χ4v) is 4.68. The second kappa shape index (κ2) is 6.19. The van der Waals surface area contributed by atoms with Crippen molar-refractivity contribution in [3.63, 3.8) is 0 Å². The predicted molar refractivity (Wildman–Crippen MR) is 110 cm³/mol. The third-order valence-electron chi connectivity index (χ3n) is 6.19. The van der Waals surface area contributed by atoms with Crippen molar-refractivity contribution in [2.24, 2.45) is 5.41 Å². The summed E-state index contributed by atoms with van der Waals surface area (Å²) in [6.07, 6.45) is 3.72. The number of imidazole rings is 1. The molecule has 0 spiro atoms. The van der Waals surface area contributed by atoms with Gasteiger partial charge < -0.3 is 4.98 Å². The summed E-state index contributed by atoms with van der Waals surface area (Å²) in [5.74, 6) is 0. The van der Waals surface area contributed by atoms with E-state index in [0.717, 1.165) is 47.8 Å². The van der Waals surface area contributed by atoms with Gasteiger partial charge in [0, 0.05) is 11.4 Å². The van der Waals surface area contributed by atoms with Gasteiger partial charge in [-0.1, -0.05) is 37.3 Å². The molecule has 4 aromatic rings. The van der Waals surface area contributed by atoms with Crippen LogP contribution in [0.1, 0.15) is 37.9 Å². The number of para-hydroxylation sites is 2. The van der Waals surface area contributed by atoms with E-state index in [9.17, 15) is 9.59 Å². The second-order valence-corrected chi connectivity index (χ2v) is 8.24. The van der Waals surface area contributed by atoms with Gasteiger partial charge in [0.2, 0.25) is 0 Å². The molecule has 1 aliphatic carbocycles. The lowest BCUT2D eigenvalue weighted by Crippen LogP contribution is -2.40.